The number of hydrogen-bond donors (Lipinski definition) is 1. The molecule has 3 aromatic rings. The van der Waals surface area contributed by atoms with Crippen molar-refractivity contribution in [1.29, 1.82) is 0 Å². The first kappa shape index (κ1) is 14.2. The Labute approximate surface area is 139 Å². The average Bonchev–Trinajstić information content (AvgIpc) is 3.36. The SMILES string of the molecule is O=C(Nc1cccc2ncccc12)C1CC1c1ccccc1Cl. The highest BCUT2D eigenvalue weighted by Crippen LogP contribution is 2.50. The van der Waals surface area contributed by atoms with E-state index in [4.69, 9.17) is 11.6 Å². The van der Waals surface area contributed by atoms with Gasteiger partial charge in [0.1, 0.15) is 0 Å². The molecule has 2 atom stereocenters. The molecule has 1 aliphatic rings. The maximum Gasteiger partial charge on any atom is 0.228 e. The molecule has 1 fully saturated rings. The molecule has 0 aliphatic heterocycles. The summed E-state index contributed by atoms with van der Waals surface area (Å²) < 4.78 is 0. The Morgan fingerprint density at radius 1 is 1.09 bits per heavy atom. The van der Waals surface area contributed by atoms with E-state index in [-0.39, 0.29) is 17.7 Å². The predicted octanol–water partition coefficient (Wildman–Crippen LogP) is 4.63. The third-order valence-electron chi connectivity index (χ3n) is 4.34. The zero-order chi connectivity index (χ0) is 15.8. The lowest BCUT2D eigenvalue weighted by molar-refractivity contribution is -0.117. The van der Waals surface area contributed by atoms with Gasteiger partial charge in [0, 0.05) is 22.5 Å². The minimum absolute atomic E-state index is 0.0122. The highest BCUT2D eigenvalue weighted by atomic mass is 35.5. The van der Waals surface area contributed by atoms with Crippen LogP contribution in [-0.4, -0.2) is 10.9 Å². The Bertz CT molecular complexity index is 888. The Morgan fingerprint density at radius 3 is 2.83 bits per heavy atom. The van der Waals surface area contributed by atoms with Gasteiger partial charge in [0.2, 0.25) is 5.91 Å². The smallest absolute Gasteiger partial charge is 0.228 e. The fourth-order valence-electron chi connectivity index (χ4n) is 3.04. The molecule has 2 unspecified atom stereocenters. The number of aromatic nitrogens is 1. The van der Waals surface area contributed by atoms with Gasteiger partial charge in [0.15, 0.2) is 0 Å². The maximum absolute atomic E-state index is 12.5. The van der Waals surface area contributed by atoms with E-state index in [1.807, 2.05) is 54.6 Å². The Morgan fingerprint density at radius 2 is 1.96 bits per heavy atom. The summed E-state index contributed by atoms with van der Waals surface area (Å²) in [5, 5.41) is 4.74. The van der Waals surface area contributed by atoms with Gasteiger partial charge < -0.3 is 5.32 Å². The van der Waals surface area contributed by atoms with E-state index in [2.05, 4.69) is 10.3 Å². The average molecular weight is 323 g/mol. The standard InChI is InChI=1S/C19H15ClN2O/c20-16-7-2-1-5-12(16)14-11-15(14)19(23)22-18-9-3-8-17-13(18)6-4-10-21-17/h1-10,14-15H,11H2,(H,22,23). The summed E-state index contributed by atoms with van der Waals surface area (Å²) in [7, 11) is 0. The summed E-state index contributed by atoms with van der Waals surface area (Å²) in [5.74, 6) is 0.255. The summed E-state index contributed by atoms with van der Waals surface area (Å²) in [6, 6.07) is 17.4. The molecule has 0 bridgehead atoms. The van der Waals surface area contributed by atoms with Crippen molar-refractivity contribution in [2.45, 2.75) is 12.3 Å². The van der Waals surface area contributed by atoms with Crippen LogP contribution in [-0.2, 0) is 4.79 Å². The number of benzene rings is 2. The van der Waals surface area contributed by atoms with Crippen LogP contribution in [0.15, 0.2) is 60.8 Å². The Balaban J connectivity index is 1.54. The molecule has 0 saturated heterocycles. The van der Waals surface area contributed by atoms with E-state index >= 15 is 0 Å². The maximum atomic E-state index is 12.5. The van der Waals surface area contributed by atoms with E-state index in [0.29, 0.717) is 0 Å². The lowest BCUT2D eigenvalue weighted by Crippen LogP contribution is -2.14. The van der Waals surface area contributed by atoms with Crippen LogP contribution in [0.5, 0.6) is 0 Å². The number of hydrogen-bond acceptors (Lipinski definition) is 2. The zero-order valence-corrected chi connectivity index (χ0v) is 13.1. The van der Waals surface area contributed by atoms with Crippen molar-refractivity contribution in [2.75, 3.05) is 5.32 Å². The molecule has 4 rings (SSSR count). The molecular formula is C19H15ClN2O. The van der Waals surface area contributed by atoms with E-state index < -0.39 is 0 Å². The molecule has 2 aromatic carbocycles. The minimum Gasteiger partial charge on any atom is -0.325 e. The Hall–Kier alpha value is -2.39. The summed E-state index contributed by atoms with van der Waals surface area (Å²) in [6.07, 6.45) is 2.60. The van der Waals surface area contributed by atoms with Gasteiger partial charge in [0.05, 0.1) is 11.2 Å². The third kappa shape index (κ3) is 2.68. The largest absolute Gasteiger partial charge is 0.325 e. The quantitative estimate of drug-likeness (QED) is 0.764. The Kier molecular flexibility index (Phi) is 3.50. The molecule has 0 radical (unpaired) electrons. The predicted molar refractivity (Wildman–Crippen MR) is 92.7 cm³/mol. The topological polar surface area (TPSA) is 42.0 Å². The van der Waals surface area contributed by atoms with Crippen molar-refractivity contribution in [2.24, 2.45) is 5.92 Å². The molecule has 23 heavy (non-hydrogen) atoms. The van der Waals surface area contributed by atoms with Crippen molar-refractivity contribution in [3.63, 3.8) is 0 Å². The molecule has 1 amide bonds. The number of nitrogens with one attached hydrogen (secondary N) is 1. The molecule has 1 N–H and O–H groups in total. The van der Waals surface area contributed by atoms with Crippen molar-refractivity contribution < 1.29 is 4.79 Å². The number of rotatable bonds is 3. The van der Waals surface area contributed by atoms with Gasteiger partial charge in [-0.2, -0.15) is 0 Å². The van der Waals surface area contributed by atoms with E-state index in [9.17, 15) is 4.79 Å². The summed E-state index contributed by atoms with van der Waals surface area (Å²) in [5.41, 5.74) is 2.75. The molecule has 3 nitrogen and oxygen atoms in total. The third-order valence-corrected chi connectivity index (χ3v) is 4.68. The fraction of sp³-hybridized carbons (Fsp3) is 0.158. The first-order chi connectivity index (χ1) is 11.2. The van der Waals surface area contributed by atoms with Gasteiger partial charge in [-0.25, -0.2) is 0 Å². The summed E-state index contributed by atoms with van der Waals surface area (Å²) in [6.45, 7) is 0. The van der Waals surface area contributed by atoms with Crippen molar-refractivity contribution in [3.8, 4) is 0 Å². The first-order valence-corrected chi connectivity index (χ1v) is 8.01. The van der Waals surface area contributed by atoms with Crippen LogP contribution in [0.1, 0.15) is 17.9 Å². The van der Waals surface area contributed by atoms with Crippen molar-refractivity contribution in [3.05, 3.63) is 71.4 Å². The molecule has 1 aliphatic carbocycles. The number of carbonyl (C=O) groups is 1. The van der Waals surface area contributed by atoms with Gasteiger partial charge >= 0.3 is 0 Å². The summed E-state index contributed by atoms with van der Waals surface area (Å²) in [4.78, 5) is 16.9. The molecule has 1 saturated carbocycles. The number of halogens is 1. The molecule has 4 heteroatoms. The first-order valence-electron chi connectivity index (χ1n) is 7.63. The molecule has 114 valence electrons. The van der Waals surface area contributed by atoms with E-state index in [1.165, 1.54) is 0 Å². The fourth-order valence-corrected chi connectivity index (χ4v) is 3.32. The lowest BCUT2D eigenvalue weighted by atomic mass is 10.1. The second kappa shape index (κ2) is 5.67. The van der Waals surface area contributed by atoms with Crippen LogP contribution >= 0.6 is 11.6 Å². The molecule has 0 spiro atoms. The second-order valence-corrected chi connectivity index (χ2v) is 6.24. The van der Waals surface area contributed by atoms with E-state index in [0.717, 1.165) is 33.6 Å². The monoisotopic (exact) mass is 322 g/mol. The van der Waals surface area contributed by atoms with Crippen LogP contribution in [0.2, 0.25) is 5.02 Å². The molecular weight excluding hydrogens is 308 g/mol. The highest BCUT2D eigenvalue weighted by Gasteiger charge is 2.44. The van der Waals surface area contributed by atoms with Gasteiger partial charge in [-0.3, -0.25) is 9.78 Å². The number of carbonyl (C=O) groups excluding carboxylic acids is 1. The normalized spacial score (nSPS) is 19.5. The van der Waals surface area contributed by atoms with Crippen LogP contribution in [0, 0.1) is 5.92 Å². The van der Waals surface area contributed by atoms with Gasteiger partial charge in [0.25, 0.3) is 0 Å². The van der Waals surface area contributed by atoms with Crippen molar-refractivity contribution >= 4 is 34.1 Å². The molecule has 1 aromatic heterocycles. The van der Waals surface area contributed by atoms with Crippen molar-refractivity contribution in [1.82, 2.24) is 4.98 Å². The van der Waals surface area contributed by atoms with Gasteiger partial charge in [-0.1, -0.05) is 35.9 Å². The highest BCUT2D eigenvalue weighted by molar-refractivity contribution is 6.31. The zero-order valence-electron chi connectivity index (χ0n) is 12.4. The summed E-state index contributed by atoms with van der Waals surface area (Å²) >= 11 is 6.23. The second-order valence-electron chi connectivity index (χ2n) is 5.84. The number of amides is 1. The van der Waals surface area contributed by atoms with Crippen LogP contribution in [0.3, 0.4) is 0 Å². The van der Waals surface area contributed by atoms with E-state index in [1.54, 1.807) is 6.20 Å². The van der Waals surface area contributed by atoms with Crippen LogP contribution < -0.4 is 5.32 Å². The lowest BCUT2D eigenvalue weighted by Gasteiger charge is -2.08. The van der Waals surface area contributed by atoms with Gasteiger partial charge in [-0.05, 0) is 48.2 Å². The number of anilines is 1. The number of fused-ring (bicyclic) bond motifs is 1. The van der Waals surface area contributed by atoms with Crippen LogP contribution in [0.4, 0.5) is 5.69 Å². The number of pyridine rings is 1. The molecule has 1 heterocycles. The van der Waals surface area contributed by atoms with Crippen LogP contribution in [0.25, 0.3) is 10.9 Å². The number of nitrogens with zero attached hydrogens (tertiary/aromatic N) is 1. The minimum atomic E-state index is -0.0122. The van der Waals surface area contributed by atoms with Gasteiger partial charge in [-0.15, -0.1) is 0 Å².